The lowest BCUT2D eigenvalue weighted by molar-refractivity contribution is -0.149. The number of ether oxygens (including phenoxy) is 3. The second kappa shape index (κ2) is 14.8. The number of amides is 1. The van der Waals surface area contributed by atoms with E-state index in [1.54, 1.807) is 18.3 Å². The number of carboxylic acids is 1. The number of aromatic nitrogens is 3. The monoisotopic (exact) mass is 697 g/mol. The van der Waals surface area contributed by atoms with E-state index in [0.717, 1.165) is 12.1 Å². The summed E-state index contributed by atoms with van der Waals surface area (Å²) in [5.41, 5.74) is -0.148. The molecular weight excluding hydrogens is 659 g/mol. The zero-order chi connectivity index (χ0) is 36.2. The number of hydrogen-bond acceptors (Lipinski definition) is 11. The van der Waals surface area contributed by atoms with Gasteiger partial charge in [-0.3, -0.25) is 9.69 Å². The minimum Gasteiger partial charge on any atom is -0.481 e. The summed E-state index contributed by atoms with van der Waals surface area (Å²) in [6.45, 7) is 6.46. The van der Waals surface area contributed by atoms with Gasteiger partial charge in [-0.1, -0.05) is 6.92 Å². The molecule has 2 aromatic heterocycles. The van der Waals surface area contributed by atoms with Crippen molar-refractivity contribution in [1.82, 2.24) is 15.0 Å². The van der Waals surface area contributed by atoms with Gasteiger partial charge in [0.1, 0.15) is 6.61 Å². The van der Waals surface area contributed by atoms with Crippen LogP contribution in [0.5, 0.6) is 5.88 Å². The van der Waals surface area contributed by atoms with Crippen molar-refractivity contribution in [3.8, 4) is 11.9 Å². The molecule has 50 heavy (non-hydrogen) atoms. The standard InChI is InChI=1S/C34H38F3N7O6/c1-5-23-16-25(29-26(6-7-28(42-29)48-4)44(23)32(47)50-19-33(2,3)30(45)46)41-31-39-18-27(43-8-10-49-11-9-43)24(40-31)15-20-12-21(17-38)14-22(13-20)34(35,36)37/h6-7,12-14,18,23,25H,5,8-11,15-16,19H2,1-4H3,(H,45,46)(H,39,40,41)/t23-,25+/m1/s1. The molecule has 5 rings (SSSR count). The smallest absolute Gasteiger partial charge is 0.416 e. The molecule has 0 radical (unpaired) electrons. The molecule has 0 aliphatic carbocycles. The summed E-state index contributed by atoms with van der Waals surface area (Å²) < 4.78 is 57.5. The first-order valence-electron chi connectivity index (χ1n) is 16.0. The van der Waals surface area contributed by atoms with Crippen LogP contribution < -0.4 is 19.9 Å². The number of carbonyl (C=O) groups is 2. The van der Waals surface area contributed by atoms with Gasteiger partial charge >= 0.3 is 18.2 Å². The molecular formula is C34H38F3N7O6. The van der Waals surface area contributed by atoms with E-state index < -0.39 is 41.3 Å². The van der Waals surface area contributed by atoms with E-state index in [9.17, 15) is 33.1 Å². The summed E-state index contributed by atoms with van der Waals surface area (Å²) >= 11 is 0. The average molecular weight is 698 g/mol. The number of hydrogen-bond donors (Lipinski definition) is 2. The lowest BCUT2D eigenvalue weighted by Gasteiger charge is -2.39. The predicted molar refractivity (Wildman–Crippen MR) is 175 cm³/mol. The molecule has 0 unspecified atom stereocenters. The molecule has 1 amide bonds. The number of nitriles is 1. The van der Waals surface area contributed by atoms with E-state index in [2.05, 4.69) is 15.3 Å². The van der Waals surface area contributed by atoms with Crippen molar-refractivity contribution < 1.29 is 42.1 Å². The van der Waals surface area contributed by atoms with Crippen molar-refractivity contribution in [2.45, 2.75) is 58.3 Å². The third kappa shape index (κ3) is 7.99. The Bertz CT molecular complexity index is 1770. The number of fused-ring (bicyclic) bond motifs is 1. The highest BCUT2D eigenvalue weighted by atomic mass is 19.4. The van der Waals surface area contributed by atoms with Crippen LogP contribution in [0.25, 0.3) is 0 Å². The number of methoxy groups -OCH3 is 1. The maximum Gasteiger partial charge on any atom is 0.416 e. The van der Waals surface area contributed by atoms with Crippen LogP contribution in [0.4, 0.5) is 35.3 Å². The first-order valence-corrected chi connectivity index (χ1v) is 16.0. The Kier molecular flexibility index (Phi) is 10.7. The minimum absolute atomic E-state index is 0.0142. The number of alkyl halides is 3. The minimum atomic E-state index is -4.64. The highest BCUT2D eigenvalue weighted by Gasteiger charge is 2.39. The number of nitrogens with zero attached hydrogens (tertiary/aromatic N) is 6. The van der Waals surface area contributed by atoms with Gasteiger partial charge in [-0.15, -0.1) is 0 Å². The van der Waals surface area contributed by atoms with Crippen molar-refractivity contribution in [3.63, 3.8) is 0 Å². The van der Waals surface area contributed by atoms with Crippen LogP contribution in [0.2, 0.25) is 0 Å². The van der Waals surface area contributed by atoms with Gasteiger partial charge in [-0.2, -0.15) is 18.4 Å². The molecule has 2 aliphatic rings. The quantitative estimate of drug-likeness (QED) is 0.271. The maximum atomic E-state index is 13.7. The number of nitrogens with one attached hydrogen (secondary N) is 1. The summed E-state index contributed by atoms with van der Waals surface area (Å²) in [5, 5.41) is 22.3. The average Bonchev–Trinajstić information content (AvgIpc) is 3.10. The summed E-state index contributed by atoms with van der Waals surface area (Å²) in [4.78, 5) is 42.6. The van der Waals surface area contributed by atoms with Crippen LogP contribution >= 0.6 is 0 Å². The largest absolute Gasteiger partial charge is 0.481 e. The summed E-state index contributed by atoms with van der Waals surface area (Å²) in [7, 11) is 1.46. The van der Waals surface area contributed by atoms with Crippen LogP contribution in [-0.4, -0.2) is 78.2 Å². The van der Waals surface area contributed by atoms with E-state index in [1.165, 1.54) is 31.9 Å². The third-order valence-corrected chi connectivity index (χ3v) is 8.67. The maximum absolute atomic E-state index is 13.7. The lowest BCUT2D eigenvalue weighted by Crippen LogP contribution is -2.47. The van der Waals surface area contributed by atoms with E-state index in [-0.39, 0.29) is 36.0 Å². The highest BCUT2D eigenvalue weighted by Crippen LogP contribution is 2.40. The van der Waals surface area contributed by atoms with Gasteiger partial charge in [0.25, 0.3) is 0 Å². The van der Waals surface area contributed by atoms with Crippen LogP contribution in [0.15, 0.2) is 36.5 Å². The Hall–Kier alpha value is -5.17. The molecule has 0 spiro atoms. The molecule has 0 bridgehead atoms. The molecule has 1 fully saturated rings. The molecule has 16 heteroatoms. The Balaban J connectivity index is 1.50. The second-order valence-corrected chi connectivity index (χ2v) is 12.7. The molecule has 1 saturated heterocycles. The summed E-state index contributed by atoms with van der Waals surface area (Å²) in [6.07, 6.45) is -2.91. The molecule has 1 aromatic carbocycles. The van der Waals surface area contributed by atoms with Crippen molar-refractivity contribution in [1.29, 1.82) is 5.26 Å². The summed E-state index contributed by atoms with van der Waals surface area (Å²) in [6, 6.07) is 7.42. The normalized spacial score (nSPS) is 17.8. The molecule has 0 saturated carbocycles. The Morgan fingerprint density at radius 1 is 1.14 bits per heavy atom. The molecule has 4 heterocycles. The van der Waals surface area contributed by atoms with Gasteiger partial charge in [0.2, 0.25) is 11.8 Å². The molecule has 2 atom stereocenters. The fourth-order valence-electron chi connectivity index (χ4n) is 5.86. The highest BCUT2D eigenvalue weighted by molar-refractivity contribution is 5.90. The van der Waals surface area contributed by atoms with Gasteiger partial charge in [0.05, 0.1) is 77.9 Å². The summed E-state index contributed by atoms with van der Waals surface area (Å²) in [5.74, 6) is -0.642. The van der Waals surface area contributed by atoms with E-state index in [4.69, 9.17) is 19.2 Å². The van der Waals surface area contributed by atoms with Crippen LogP contribution in [0, 0.1) is 16.7 Å². The second-order valence-electron chi connectivity index (χ2n) is 12.7. The number of carboxylic acid groups (broad SMARTS) is 1. The number of benzene rings is 1. The first kappa shape index (κ1) is 36.1. The molecule has 2 N–H and O–H groups in total. The predicted octanol–water partition coefficient (Wildman–Crippen LogP) is 5.59. The van der Waals surface area contributed by atoms with Crippen LogP contribution in [0.1, 0.15) is 67.7 Å². The van der Waals surface area contributed by atoms with Crippen LogP contribution in [-0.2, 0) is 26.9 Å². The van der Waals surface area contributed by atoms with Crippen molar-refractivity contribution >= 4 is 29.4 Å². The Morgan fingerprint density at radius 2 is 1.88 bits per heavy atom. The first-order chi connectivity index (χ1) is 23.7. The molecule has 13 nitrogen and oxygen atoms in total. The van der Waals surface area contributed by atoms with E-state index >= 15 is 0 Å². The van der Waals surface area contributed by atoms with Gasteiger partial charge < -0.3 is 29.5 Å². The lowest BCUT2D eigenvalue weighted by atomic mass is 9.93. The van der Waals surface area contributed by atoms with Crippen molar-refractivity contribution in [2.75, 3.05) is 55.1 Å². The number of halogens is 3. The molecule has 3 aromatic rings. The van der Waals surface area contributed by atoms with Gasteiger partial charge in [-0.05, 0) is 56.5 Å². The van der Waals surface area contributed by atoms with E-state index in [0.29, 0.717) is 61.9 Å². The fourth-order valence-corrected chi connectivity index (χ4v) is 5.86. The number of anilines is 3. The Morgan fingerprint density at radius 3 is 2.52 bits per heavy atom. The molecule has 266 valence electrons. The van der Waals surface area contributed by atoms with Crippen LogP contribution in [0.3, 0.4) is 0 Å². The van der Waals surface area contributed by atoms with Gasteiger partial charge in [0.15, 0.2) is 0 Å². The number of aliphatic carboxylic acids is 1. The third-order valence-electron chi connectivity index (χ3n) is 8.67. The number of pyridine rings is 1. The fraction of sp³-hybridized carbons (Fsp3) is 0.471. The van der Waals surface area contributed by atoms with Gasteiger partial charge in [0, 0.05) is 31.6 Å². The number of carbonyl (C=O) groups excluding carboxylic acids is 1. The van der Waals surface area contributed by atoms with Crippen molar-refractivity contribution in [2.24, 2.45) is 5.41 Å². The SMILES string of the molecule is CC[C@@H]1C[C@H](Nc2ncc(N3CCOCC3)c(Cc3cc(C#N)cc(C(F)(F)F)c3)n2)c2nc(OC)ccc2N1C(=O)OCC(C)(C)C(=O)O. The Labute approximate surface area is 287 Å². The molecule has 2 aliphatic heterocycles. The zero-order valence-electron chi connectivity index (χ0n) is 28.1. The zero-order valence-corrected chi connectivity index (χ0v) is 28.1. The topological polar surface area (TPSA) is 163 Å². The number of morpholine rings is 1. The van der Waals surface area contributed by atoms with Gasteiger partial charge in [-0.25, -0.2) is 19.7 Å². The van der Waals surface area contributed by atoms with Crippen molar-refractivity contribution in [3.05, 3.63) is 64.6 Å². The number of rotatable bonds is 10. The van der Waals surface area contributed by atoms with E-state index in [1.807, 2.05) is 17.9 Å².